The Kier molecular flexibility index (Phi) is 6.25. The number of benzene rings is 1. The maximum atomic E-state index is 11.5. The summed E-state index contributed by atoms with van der Waals surface area (Å²) < 4.78 is 0. The second kappa shape index (κ2) is 7.99. The van der Waals surface area contributed by atoms with Crippen LogP contribution in [0.15, 0.2) is 30.3 Å². The van der Waals surface area contributed by atoms with Crippen LogP contribution in [0.2, 0.25) is 0 Å². The van der Waals surface area contributed by atoms with Gasteiger partial charge in [0.2, 0.25) is 18.1 Å². The summed E-state index contributed by atoms with van der Waals surface area (Å²) in [5, 5.41) is 4.80. The smallest absolute Gasteiger partial charge is 0.240 e. The summed E-state index contributed by atoms with van der Waals surface area (Å²) in [4.78, 5) is 33.1. The number of hydrogen-bond acceptors (Lipinski definition) is 4. The third-order valence-electron chi connectivity index (χ3n) is 2.39. The highest BCUT2D eigenvalue weighted by Gasteiger charge is 2.13. The molecule has 0 saturated heterocycles. The molecule has 101 valence electrons. The van der Waals surface area contributed by atoms with E-state index in [9.17, 15) is 14.4 Å². The lowest BCUT2D eigenvalue weighted by molar-refractivity contribution is -0.125. The van der Waals surface area contributed by atoms with Crippen LogP contribution in [0.1, 0.15) is 5.56 Å². The molecular weight excluding hydrogens is 246 g/mol. The van der Waals surface area contributed by atoms with E-state index in [1.165, 1.54) is 0 Å². The summed E-state index contributed by atoms with van der Waals surface area (Å²) in [6.07, 6.45) is 2.13. The Balaban J connectivity index is 2.42. The molecule has 0 heterocycles. The van der Waals surface area contributed by atoms with Crippen LogP contribution in [0.3, 0.4) is 0 Å². The van der Waals surface area contributed by atoms with Gasteiger partial charge in [0.15, 0.2) is 0 Å². The van der Waals surface area contributed by atoms with E-state index < -0.39 is 17.9 Å². The fraction of sp³-hybridized carbons (Fsp3) is 0.308. The first kappa shape index (κ1) is 14.8. The van der Waals surface area contributed by atoms with Gasteiger partial charge >= 0.3 is 0 Å². The molecule has 4 N–H and O–H groups in total. The van der Waals surface area contributed by atoms with E-state index in [0.29, 0.717) is 6.42 Å². The van der Waals surface area contributed by atoms with Gasteiger partial charge in [0.05, 0.1) is 19.1 Å². The average molecular weight is 262 g/mol. The summed E-state index contributed by atoms with van der Waals surface area (Å²) in [7, 11) is 0. The maximum absolute atomic E-state index is 11.5. The van der Waals surface area contributed by atoms with Gasteiger partial charge in [-0.1, -0.05) is 30.3 Å². The minimum Gasteiger partial charge on any atom is -0.346 e. The quantitative estimate of drug-likeness (QED) is 0.580. The van der Waals surface area contributed by atoms with Crippen molar-refractivity contribution in [2.24, 2.45) is 5.73 Å². The fourth-order valence-corrected chi connectivity index (χ4v) is 1.47. The van der Waals surface area contributed by atoms with E-state index in [-0.39, 0.29) is 13.1 Å². The van der Waals surface area contributed by atoms with Gasteiger partial charge in [0.1, 0.15) is 0 Å². The predicted molar refractivity (Wildman–Crippen MR) is 69.8 cm³/mol. The molecule has 1 aromatic rings. The van der Waals surface area contributed by atoms with Crippen molar-refractivity contribution in [3.05, 3.63) is 35.9 Å². The van der Waals surface area contributed by atoms with Crippen LogP contribution >= 0.6 is 0 Å². The zero-order valence-corrected chi connectivity index (χ0v) is 10.4. The van der Waals surface area contributed by atoms with Crippen LogP contribution in [0.5, 0.6) is 0 Å². The molecule has 1 aromatic carbocycles. The van der Waals surface area contributed by atoms with Gasteiger partial charge in [0, 0.05) is 6.42 Å². The van der Waals surface area contributed by atoms with Crippen molar-refractivity contribution in [1.29, 1.82) is 0 Å². The SMILES string of the molecule is NCC(=O)NCC(=O)N[C@H]([C]=O)Cc1ccccc1. The molecule has 0 aromatic heterocycles. The largest absolute Gasteiger partial charge is 0.346 e. The molecule has 0 aliphatic carbocycles. The van der Waals surface area contributed by atoms with Crippen LogP contribution in [-0.2, 0) is 20.8 Å². The first-order chi connectivity index (χ1) is 9.15. The monoisotopic (exact) mass is 262 g/mol. The van der Waals surface area contributed by atoms with Crippen molar-refractivity contribution in [3.63, 3.8) is 0 Å². The lowest BCUT2D eigenvalue weighted by Crippen LogP contribution is -2.44. The highest BCUT2D eigenvalue weighted by atomic mass is 16.2. The van der Waals surface area contributed by atoms with Crippen LogP contribution in [0.25, 0.3) is 0 Å². The van der Waals surface area contributed by atoms with E-state index in [1.807, 2.05) is 30.3 Å². The molecule has 0 fully saturated rings. The molecule has 0 bridgehead atoms. The van der Waals surface area contributed by atoms with E-state index in [4.69, 9.17) is 5.73 Å². The third kappa shape index (κ3) is 5.78. The maximum Gasteiger partial charge on any atom is 0.240 e. The zero-order valence-electron chi connectivity index (χ0n) is 10.4. The number of carbonyl (C=O) groups excluding carboxylic acids is 3. The Morgan fingerprint density at radius 2 is 1.89 bits per heavy atom. The molecule has 0 saturated carbocycles. The van der Waals surface area contributed by atoms with Gasteiger partial charge in [-0.05, 0) is 5.56 Å². The number of amides is 2. The van der Waals surface area contributed by atoms with Gasteiger partial charge in [0.25, 0.3) is 0 Å². The van der Waals surface area contributed by atoms with E-state index >= 15 is 0 Å². The van der Waals surface area contributed by atoms with Crippen molar-refractivity contribution in [2.45, 2.75) is 12.5 Å². The summed E-state index contributed by atoms with van der Waals surface area (Å²) in [6, 6.07) is 8.54. The van der Waals surface area contributed by atoms with Crippen molar-refractivity contribution >= 4 is 18.1 Å². The second-order valence-electron chi connectivity index (χ2n) is 3.91. The van der Waals surface area contributed by atoms with Crippen LogP contribution in [-0.4, -0.2) is 37.2 Å². The number of hydrogen-bond donors (Lipinski definition) is 3. The third-order valence-corrected chi connectivity index (χ3v) is 2.39. The zero-order chi connectivity index (χ0) is 14.1. The highest BCUT2D eigenvalue weighted by molar-refractivity contribution is 5.86. The number of carbonyl (C=O) groups is 2. The molecular formula is C13H16N3O3. The minimum atomic E-state index is -0.732. The van der Waals surface area contributed by atoms with Crippen molar-refractivity contribution < 1.29 is 14.4 Å². The Bertz CT molecular complexity index is 434. The van der Waals surface area contributed by atoms with E-state index in [0.717, 1.165) is 5.56 Å². The van der Waals surface area contributed by atoms with Crippen LogP contribution in [0, 0.1) is 0 Å². The van der Waals surface area contributed by atoms with Crippen LogP contribution < -0.4 is 16.4 Å². The predicted octanol–water partition coefficient (Wildman–Crippen LogP) is -1.10. The molecule has 1 atom stereocenters. The Labute approximate surface area is 111 Å². The Morgan fingerprint density at radius 3 is 2.47 bits per heavy atom. The first-order valence-corrected chi connectivity index (χ1v) is 5.83. The van der Waals surface area contributed by atoms with E-state index in [2.05, 4.69) is 10.6 Å². The number of nitrogens with one attached hydrogen (secondary N) is 2. The molecule has 0 aliphatic rings. The number of rotatable bonds is 7. The summed E-state index contributed by atoms with van der Waals surface area (Å²) >= 11 is 0. The molecule has 6 heteroatoms. The summed E-state index contributed by atoms with van der Waals surface area (Å²) in [5.41, 5.74) is 6.00. The summed E-state index contributed by atoms with van der Waals surface area (Å²) in [6.45, 7) is -0.385. The topological polar surface area (TPSA) is 101 Å². The molecule has 0 aliphatic heterocycles. The highest BCUT2D eigenvalue weighted by Crippen LogP contribution is 2.01. The average Bonchev–Trinajstić information content (AvgIpc) is 2.45. The van der Waals surface area contributed by atoms with Gasteiger partial charge < -0.3 is 16.4 Å². The molecule has 0 unspecified atom stereocenters. The first-order valence-electron chi connectivity index (χ1n) is 5.83. The molecule has 19 heavy (non-hydrogen) atoms. The van der Waals surface area contributed by atoms with Gasteiger partial charge in [-0.25, -0.2) is 0 Å². The molecule has 2 amide bonds. The minimum absolute atomic E-state index is 0.180. The Hall–Kier alpha value is -2.21. The van der Waals surface area contributed by atoms with Crippen LogP contribution in [0.4, 0.5) is 0 Å². The van der Waals surface area contributed by atoms with Crippen molar-refractivity contribution in [3.8, 4) is 0 Å². The fourth-order valence-electron chi connectivity index (χ4n) is 1.47. The number of nitrogens with two attached hydrogens (primary N) is 1. The van der Waals surface area contributed by atoms with Gasteiger partial charge in [-0.2, -0.15) is 0 Å². The lowest BCUT2D eigenvalue weighted by Gasteiger charge is -2.12. The molecule has 1 radical (unpaired) electrons. The van der Waals surface area contributed by atoms with Crippen molar-refractivity contribution in [2.75, 3.05) is 13.1 Å². The standard InChI is InChI=1S/C13H16N3O3/c14-7-12(18)15-8-13(19)16-11(9-17)6-10-4-2-1-3-5-10/h1-5,11H,6-8,14H2,(H,15,18)(H,16,19)/t11-/m0/s1. The van der Waals surface area contributed by atoms with Crippen molar-refractivity contribution in [1.82, 2.24) is 10.6 Å². The molecule has 6 nitrogen and oxygen atoms in total. The second-order valence-corrected chi connectivity index (χ2v) is 3.91. The van der Waals surface area contributed by atoms with Gasteiger partial charge in [-0.15, -0.1) is 0 Å². The lowest BCUT2D eigenvalue weighted by atomic mass is 10.1. The van der Waals surface area contributed by atoms with E-state index in [1.54, 1.807) is 6.29 Å². The summed E-state index contributed by atoms with van der Waals surface area (Å²) in [5.74, 6) is -0.879. The van der Waals surface area contributed by atoms with Gasteiger partial charge in [-0.3, -0.25) is 14.4 Å². The normalized spacial score (nSPS) is 11.4. The Morgan fingerprint density at radius 1 is 1.21 bits per heavy atom. The molecule has 1 rings (SSSR count). The molecule has 0 spiro atoms.